The Labute approximate surface area is 97.8 Å². The number of aliphatic carboxylic acids is 1. The lowest BCUT2D eigenvalue weighted by molar-refractivity contribution is -0.384. The van der Waals surface area contributed by atoms with Crippen LogP contribution in [0.5, 0.6) is 0 Å². The minimum absolute atomic E-state index is 0.106. The van der Waals surface area contributed by atoms with Gasteiger partial charge >= 0.3 is 5.97 Å². The zero-order chi connectivity index (χ0) is 13.0. The molecule has 17 heavy (non-hydrogen) atoms. The predicted octanol–water partition coefficient (Wildman–Crippen LogP) is 1.29. The van der Waals surface area contributed by atoms with Gasteiger partial charge in [-0.15, -0.1) is 0 Å². The molecule has 1 heterocycles. The highest BCUT2D eigenvalue weighted by Gasteiger charge is 2.17. The molecule has 7 heteroatoms. The highest BCUT2D eigenvalue weighted by molar-refractivity contribution is 5.73. The third-order valence-corrected chi connectivity index (χ3v) is 2.16. The molecule has 1 rings (SSSR count). The molecule has 92 valence electrons. The minimum Gasteiger partial charge on any atom is -0.480 e. The van der Waals surface area contributed by atoms with Crippen LogP contribution in [0.1, 0.15) is 13.8 Å². The summed E-state index contributed by atoms with van der Waals surface area (Å²) in [5, 5.41) is 19.4. The van der Waals surface area contributed by atoms with Gasteiger partial charge in [0.15, 0.2) is 0 Å². The summed E-state index contributed by atoms with van der Waals surface area (Å²) < 4.78 is 0. The van der Waals surface area contributed by atoms with E-state index in [1.165, 1.54) is 23.2 Å². The second-order valence-corrected chi connectivity index (χ2v) is 3.74. The zero-order valence-corrected chi connectivity index (χ0v) is 9.53. The Bertz CT molecular complexity index is 433. The number of carboxylic acid groups (broad SMARTS) is 1. The first-order valence-corrected chi connectivity index (χ1v) is 5.00. The molecule has 0 atom stereocenters. The van der Waals surface area contributed by atoms with Gasteiger partial charge in [-0.25, -0.2) is 4.98 Å². The highest BCUT2D eigenvalue weighted by Crippen LogP contribution is 2.19. The molecule has 0 radical (unpaired) electrons. The monoisotopic (exact) mass is 239 g/mol. The van der Waals surface area contributed by atoms with Crippen molar-refractivity contribution in [3.8, 4) is 0 Å². The number of carboxylic acids is 1. The van der Waals surface area contributed by atoms with Crippen molar-refractivity contribution >= 4 is 17.5 Å². The van der Waals surface area contributed by atoms with Crippen LogP contribution in [0.3, 0.4) is 0 Å². The van der Waals surface area contributed by atoms with Crippen LogP contribution in [0.25, 0.3) is 0 Å². The van der Waals surface area contributed by atoms with Crippen molar-refractivity contribution in [2.24, 2.45) is 0 Å². The van der Waals surface area contributed by atoms with Gasteiger partial charge in [-0.2, -0.15) is 0 Å². The summed E-state index contributed by atoms with van der Waals surface area (Å²) >= 11 is 0. The zero-order valence-electron chi connectivity index (χ0n) is 9.53. The Kier molecular flexibility index (Phi) is 3.97. The second-order valence-electron chi connectivity index (χ2n) is 3.74. The average Bonchev–Trinajstić information content (AvgIpc) is 2.25. The van der Waals surface area contributed by atoms with Crippen molar-refractivity contribution in [3.63, 3.8) is 0 Å². The average molecular weight is 239 g/mol. The van der Waals surface area contributed by atoms with Gasteiger partial charge in [0.05, 0.1) is 11.0 Å². The van der Waals surface area contributed by atoms with E-state index < -0.39 is 10.9 Å². The van der Waals surface area contributed by atoms with E-state index in [2.05, 4.69) is 4.98 Å². The summed E-state index contributed by atoms with van der Waals surface area (Å²) in [6.45, 7) is 3.35. The lowest BCUT2D eigenvalue weighted by Crippen LogP contribution is -2.36. The number of nitrogens with zero attached hydrogens (tertiary/aromatic N) is 3. The first kappa shape index (κ1) is 12.9. The van der Waals surface area contributed by atoms with Gasteiger partial charge in [-0.05, 0) is 13.8 Å². The molecule has 0 unspecified atom stereocenters. The fourth-order valence-electron chi connectivity index (χ4n) is 1.35. The molecule has 0 aromatic carbocycles. The number of anilines is 1. The van der Waals surface area contributed by atoms with Crippen molar-refractivity contribution in [2.45, 2.75) is 19.9 Å². The van der Waals surface area contributed by atoms with Crippen molar-refractivity contribution in [3.05, 3.63) is 28.4 Å². The molecule has 0 amide bonds. The maximum atomic E-state index is 10.7. The molecule has 0 saturated heterocycles. The summed E-state index contributed by atoms with van der Waals surface area (Å²) in [5.41, 5.74) is -0.106. The number of hydrogen-bond acceptors (Lipinski definition) is 5. The summed E-state index contributed by atoms with van der Waals surface area (Å²) in [6, 6.07) is 2.42. The second kappa shape index (κ2) is 5.24. The van der Waals surface area contributed by atoms with E-state index in [0.29, 0.717) is 0 Å². The molecule has 1 N–H and O–H groups in total. The van der Waals surface area contributed by atoms with Gasteiger partial charge in [0.1, 0.15) is 12.4 Å². The van der Waals surface area contributed by atoms with E-state index in [0.717, 1.165) is 0 Å². The smallest absolute Gasteiger partial charge is 0.323 e. The molecule has 1 aromatic rings. The van der Waals surface area contributed by atoms with Gasteiger partial charge in [-0.3, -0.25) is 14.9 Å². The number of carbonyl (C=O) groups is 1. The Balaban J connectivity index is 3.05. The van der Waals surface area contributed by atoms with Gasteiger partial charge < -0.3 is 10.0 Å². The van der Waals surface area contributed by atoms with Crippen LogP contribution < -0.4 is 4.90 Å². The van der Waals surface area contributed by atoms with E-state index >= 15 is 0 Å². The molecule has 0 fully saturated rings. The molecule has 0 aliphatic carbocycles. The van der Waals surface area contributed by atoms with Crippen molar-refractivity contribution in [2.75, 3.05) is 11.4 Å². The van der Waals surface area contributed by atoms with Crippen LogP contribution in [0.15, 0.2) is 18.3 Å². The molecule has 0 aliphatic rings. The standard InChI is InChI=1S/C10H13N3O4/c1-7(2)12(6-10(14)15)9-5-8(13(16)17)3-4-11-9/h3-5,7H,6H2,1-2H3,(H,14,15). The van der Waals surface area contributed by atoms with Gasteiger partial charge in [0, 0.05) is 18.3 Å². The van der Waals surface area contributed by atoms with E-state index in [1.54, 1.807) is 13.8 Å². The fraction of sp³-hybridized carbons (Fsp3) is 0.400. The van der Waals surface area contributed by atoms with Gasteiger partial charge in [-0.1, -0.05) is 0 Å². The Morgan fingerprint density at radius 1 is 1.65 bits per heavy atom. The summed E-state index contributed by atoms with van der Waals surface area (Å²) in [7, 11) is 0. The summed E-state index contributed by atoms with van der Waals surface area (Å²) in [6.07, 6.45) is 1.30. The fourth-order valence-corrected chi connectivity index (χ4v) is 1.35. The maximum absolute atomic E-state index is 10.7. The molecule has 1 aromatic heterocycles. The third kappa shape index (κ3) is 3.40. The molecular formula is C10H13N3O4. The SMILES string of the molecule is CC(C)N(CC(=O)O)c1cc([N+](=O)[O-])ccn1. The third-order valence-electron chi connectivity index (χ3n) is 2.16. The quantitative estimate of drug-likeness (QED) is 0.614. The van der Waals surface area contributed by atoms with Gasteiger partial charge in [0.25, 0.3) is 5.69 Å². The molecule has 0 aliphatic heterocycles. The van der Waals surface area contributed by atoms with Crippen LogP contribution in [0.4, 0.5) is 11.5 Å². The van der Waals surface area contributed by atoms with Gasteiger partial charge in [0.2, 0.25) is 0 Å². The summed E-state index contributed by atoms with van der Waals surface area (Å²) in [5.74, 6) is -0.719. The first-order chi connectivity index (χ1) is 7.91. The molecule has 0 bridgehead atoms. The van der Waals surface area contributed by atoms with Crippen LogP contribution in [0, 0.1) is 10.1 Å². The lowest BCUT2D eigenvalue weighted by Gasteiger charge is -2.25. The lowest BCUT2D eigenvalue weighted by atomic mass is 10.3. The molecule has 0 saturated carbocycles. The predicted molar refractivity (Wildman–Crippen MR) is 61.0 cm³/mol. The van der Waals surface area contributed by atoms with Crippen molar-refractivity contribution < 1.29 is 14.8 Å². The topological polar surface area (TPSA) is 96.6 Å². The summed E-state index contributed by atoms with van der Waals surface area (Å²) in [4.78, 5) is 26.2. The number of rotatable bonds is 5. The molecule has 7 nitrogen and oxygen atoms in total. The maximum Gasteiger partial charge on any atom is 0.323 e. The van der Waals surface area contributed by atoms with Crippen molar-refractivity contribution in [1.82, 2.24) is 4.98 Å². The number of hydrogen-bond donors (Lipinski definition) is 1. The molecular weight excluding hydrogens is 226 g/mol. The van der Waals surface area contributed by atoms with E-state index in [9.17, 15) is 14.9 Å². The largest absolute Gasteiger partial charge is 0.480 e. The Morgan fingerprint density at radius 2 is 2.29 bits per heavy atom. The number of pyridine rings is 1. The van der Waals surface area contributed by atoms with E-state index in [4.69, 9.17) is 5.11 Å². The minimum atomic E-state index is -1.01. The number of aromatic nitrogens is 1. The molecule has 0 spiro atoms. The Morgan fingerprint density at radius 3 is 2.76 bits per heavy atom. The van der Waals surface area contributed by atoms with Crippen molar-refractivity contribution in [1.29, 1.82) is 0 Å². The van der Waals surface area contributed by atoms with Crippen LogP contribution in [-0.2, 0) is 4.79 Å². The number of nitro groups is 1. The van der Waals surface area contributed by atoms with E-state index in [-0.39, 0.29) is 24.1 Å². The van der Waals surface area contributed by atoms with Crippen LogP contribution >= 0.6 is 0 Å². The van der Waals surface area contributed by atoms with E-state index in [1.807, 2.05) is 0 Å². The Hall–Kier alpha value is -2.18. The van der Waals surface area contributed by atoms with Crippen LogP contribution in [-0.4, -0.2) is 33.6 Å². The highest BCUT2D eigenvalue weighted by atomic mass is 16.6. The first-order valence-electron chi connectivity index (χ1n) is 5.00. The normalized spacial score (nSPS) is 10.3. The van der Waals surface area contributed by atoms with Crippen LogP contribution in [0.2, 0.25) is 0 Å².